The molecular formula is C9H12N2. The van der Waals surface area contributed by atoms with Gasteiger partial charge in [-0.1, -0.05) is 12.2 Å². The molecule has 0 amide bonds. The summed E-state index contributed by atoms with van der Waals surface area (Å²) in [6.45, 7) is 3.91. The van der Waals surface area contributed by atoms with Crippen molar-refractivity contribution in [3.05, 3.63) is 29.6 Å². The van der Waals surface area contributed by atoms with Crippen LogP contribution in [-0.2, 0) is 0 Å². The Morgan fingerprint density at radius 1 is 1.45 bits per heavy atom. The van der Waals surface area contributed by atoms with Crippen molar-refractivity contribution in [2.24, 2.45) is 0 Å². The van der Waals surface area contributed by atoms with Crippen molar-refractivity contribution in [3.63, 3.8) is 0 Å². The number of allylic oxidation sites excluding steroid dienone is 1. The zero-order chi connectivity index (χ0) is 8.27. The molecule has 0 spiro atoms. The lowest BCUT2D eigenvalue weighted by Gasteiger charge is -2.01. The summed E-state index contributed by atoms with van der Waals surface area (Å²) >= 11 is 0. The predicted molar refractivity (Wildman–Crippen MR) is 48.1 cm³/mol. The summed E-state index contributed by atoms with van der Waals surface area (Å²) in [5, 5.41) is 0. The lowest BCUT2D eigenvalue weighted by Crippen LogP contribution is -1.93. The zero-order valence-corrected chi connectivity index (χ0v) is 6.83. The molecule has 1 rings (SSSR count). The van der Waals surface area contributed by atoms with Gasteiger partial charge in [-0.3, -0.25) is 4.98 Å². The Morgan fingerprint density at radius 2 is 2.18 bits per heavy atom. The molecule has 0 aliphatic carbocycles. The third kappa shape index (κ3) is 1.58. The molecule has 2 heteroatoms. The minimum atomic E-state index is 0.818. The molecule has 1 heterocycles. The van der Waals surface area contributed by atoms with E-state index in [-0.39, 0.29) is 0 Å². The molecule has 0 saturated carbocycles. The molecule has 0 saturated heterocycles. The van der Waals surface area contributed by atoms with Gasteiger partial charge in [0.05, 0.1) is 0 Å². The largest absolute Gasteiger partial charge is 0.398 e. The molecule has 0 aromatic carbocycles. The van der Waals surface area contributed by atoms with Gasteiger partial charge in [0.15, 0.2) is 0 Å². The highest BCUT2D eigenvalue weighted by Gasteiger charge is 1.96. The molecule has 0 aliphatic heterocycles. The summed E-state index contributed by atoms with van der Waals surface area (Å²) in [5.41, 5.74) is 8.62. The molecule has 2 N–H and O–H groups in total. The van der Waals surface area contributed by atoms with E-state index in [0.717, 1.165) is 16.8 Å². The smallest absolute Gasteiger partial charge is 0.0448 e. The first kappa shape index (κ1) is 7.79. The van der Waals surface area contributed by atoms with E-state index in [1.165, 1.54) is 0 Å². The average Bonchev–Trinajstić information content (AvgIpc) is 1.99. The number of aryl methyl sites for hydroxylation is 1. The molecule has 58 valence electrons. The van der Waals surface area contributed by atoms with Crippen LogP contribution in [0.2, 0.25) is 0 Å². The predicted octanol–water partition coefficient (Wildman–Crippen LogP) is 2.01. The Morgan fingerprint density at radius 3 is 2.82 bits per heavy atom. The molecule has 2 nitrogen and oxygen atoms in total. The van der Waals surface area contributed by atoms with Crippen LogP contribution in [0.3, 0.4) is 0 Å². The van der Waals surface area contributed by atoms with Gasteiger partial charge in [0.25, 0.3) is 0 Å². The van der Waals surface area contributed by atoms with E-state index in [9.17, 15) is 0 Å². The summed E-state index contributed by atoms with van der Waals surface area (Å²) in [4.78, 5) is 4.03. The quantitative estimate of drug-likeness (QED) is 0.661. The van der Waals surface area contributed by atoms with Gasteiger partial charge in [0.1, 0.15) is 0 Å². The van der Waals surface area contributed by atoms with Gasteiger partial charge in [-0.05, 0) is 19.4 Å². The minimum Gasteiger partial charge on any atom is -0.398 e. The molecule has 0 atom stereocenters. The van der Waals surface area contributed by atoms with Crippen molar-refractivity contribution in [3.8, 4) is 0 Å². The highest BCUT2D eigenvalue weighted by Crippen LogP contribution is 2.15. The third-order valence-electron chi connectivity index (χ3n) is 1.56. The standard InChI is InChI=1S/C9H12N2/c1-3-4-8-6-11-5-7(2)9(8)10/h3-6H,1-2H3,(H2,10,11)/b4-3-. The van der Waals surface area contributed by atoms with Crippen LogP contribution >= 0.6 is 0 Å². The first-order chi connectivity index (χ1) is 5.25. The first-order valence-corrected chi connectivity index (χ1v) is 3.58. The Balaban J connectivity index is 3.16. The highest BCUT2D eigenvalue weighted by molar-refractivity contribution is 5.65. The summed E-state index contributed by atoms with van der Waals surface area (Å²) in [5.74, 6) is 0. The summed E-state index contributed by atoms with van der Waals surface area (Å²) in [7, 11) is 0. The Kier molecular flexibility index (Phi) is 2.26. The van der Waals surface area contributed by atoms with Crippen LogP contribution in [0.5, 0.6) is 0 Å². The summed E-state index contributed by atoms with van der Waals surface area (Å²) < 4.78 is 0. The number of rotatable bonds is 1. The normalized spacial score (nSPS) is 10.7. The SMILES string of the molecule is C/C=C\c1cncc(C)c1N. The van der Waals surface area contributed by atoms with Crippen LogP contribution in [0, 0.1) is 6.92 Å². The zero-order valence-electron chi connectivity index (χ0n) is 6.83. The second-order valence-corrected chi connectivity index (χ2v) is 2.46. The lowest BCUT2D eigenvalue weighted by atomic mass is 10.1. The van der Waals surface area contributed by atoms with Crippen LogP contribution in [0.1, 0.15) is 18.1 Å². The van der Waals surface area contributed by atoms with Crippen LogP contribution in [0.15, 0.2) is 18.5 Å². The summed E-state index contributed by atoms with van der Waals surface area (Å²) in [6, 6.07) is 0. The van der Waals surface area contributed by atoms with E-state index in [4.69, 9.17) is 5.73 Å². The maximum absolute atomic E-state index is 5.78. The second-order valence-electron chi connectivity index (χ2n) is 2.46. The Hall–Kier alpha value is -1.31. The number of anilines is 1. The maximum Gasteiger partial charge on any atom is 0.0448 e. The van der Waals surface area contributed by atoms with E-state index in [1.807, 2.05) is 26.0 Å². The van der Waals surface area contributed by atoms with Crippen LogP contribution in [-0.4, -0.2) is 4.98 Å². The summed E-state index contributed by atoms with van der Waals surface area (Å²) in [6.07, 6.45) is 7.44. The fraction of sp³-hybridized carbons (Fsp3) is 0.222. The van der Waals surface area contributed by atoms with E-state index in [0.29, 0.717) is 0 Å². The van der Waals surface area contributed by atoms with Crippen molar-refractivity contribution in [2.75, 3.05) is 5.73 Å². The minimum absolute atomic E-state index is 0.818. The average molecular weight is 148 g/mol. The van der Waals surface area contributed by atoms with Gasteiger partial charge < -0.3 is 5.73 Å². The molecule has 0 aliphatic rings. The molecule has 0 fully saturated rings. The molecule has 11 heavy (non-hydrogen) atoms. The number of hydrogen-bond acceptors (Lipinski definition) is 2. The van der Waals surface area contributed by atoms with Gasteiger partial charge in [-0.25, -0.2) is 0 Å². The topological polar surface area (TPSA) is 38.9 Å². The van der Waals surface area contributed by atoms with Crippen molar-refractivity contribution in [1.29, 1.82) is 0 Å². The number of nitrogen functional groups attached to an aromatic ring is 1. The second kappa shape index (κ2) is 3.19. The number of hydrogen-bond donors (Lipinski definition) is 1. The van der Waals surface area contributed by atoms with Gasteiger partial charge in [0, 0.05) is 23.6 Å². The number of nitrogens with two attached hydrogens (primary N) is 1. The van der Waals surface area contributed by atoms with Gasteiger partial charge in [-0.15, -0.1) is 0 Å². The number of nitrogens with zero attached hydrogens (tertiary/aromatic N) is 1. The van der Waals surface area contributed by atoms with Crippen LogP contribution in [0.4, 0.5) is 5.69 Å². The van der Waals surface area contributed by atoms with Gasteiger partial charge in [-0.2, -0.15) is 0 Å². The van der Waals surface area contributed by atoms with Crippen molar-refractivity contribution >= 4 is 11.8 Å². The van der Waals surface area contributed by atoms with Gasteiger partial charge in [0.2, 0.25) is 0 Å². The molecule has 0 unspecified atom stereocenters. The molecule has 1 aromatic rings. The highest BCUT2D eigenvalue weighted by atomic mass is 14.7. The monoisotopic (exact) mass is 148 g/mol. The van der Waals surface area contributed by atoms with E-state index >= 15 is 0 Å². The first-order valence-electron chi connectivity index (χ1n) is 3.58. The van der Waals surface area contributed by atoms with E-state index in [2.05, 4.69) is 4.98 Å². The number of pyridine rings is 1. The Labute approximate surface area is 66.8 Å². The molecule has 1 aromatic heterocycles. The van der Waals surface area contributed by atoms with Crippen LogP contribution in [0.25, 0.3) is 6.08 Å². The van der Waals surface area contributed by atoms with Crippen LogP contribution < -0.4 is 5.73 Å². The van der Waals surface area contributed by atoms with Crippen molar-refractivity contribution < 1.29 is 0 Å². The molecule has 0 radical (unpaired) electrons. The number of aromatic nitrogens is 1. The molecular weight excluding hydrogens is 136 g/mol. The van der Waals surface area contributed by atoms with Gasteiger partial charge >= 0.3 is 0 Å². The lowest BCUT2D eigenvalue weighted by molar-refractivity contribution is 1.26. The van der Waals surface area contributed by atoms with E-state index < -0.39 is 0 Å². The maximum atomic E-state index is 5.78. The Bertz CT molecular complexity index is 277. The third-order valence-corrected chi connectivity index (χ3v) is 1.56. The molecule has 0 bridgehead atoms. The fourth-order valence-corrected chi connectivity index (χ4v) is 0.908. The van der Waals surface area contributed by atoms with Crippen molar-refractivity contribution in [2.45, 2.75) is 13.8 Å². The van der Waals surface area contributed by atoms with Crippen molar-refractivity contribution in [1.82, 2.24) is 4.98 Å². The fourth-order valence-electron chi connectivity index (χ4n) is 0.908. The van der Waals surface area contributed by atoms with E-state index in [1.54, 1.807) is 12.4 Å².